The Bertz CT molecular complexity index is 473. The number of rotatable bonds is 4. The van der Waals surface area contributed by atoms with Crippen LogP contribution in [-0.2, 0) is 14.8 Å². The Balaban J connectivity index is 3.04. The van der Waals surface area contributed by atoms with Crippen molar-refractivity contribution in [1.29, 1.82) is 0 Å². The number of nitrogens with one attached hydrogen (secondary N) is 1. The zero-order chi connectivity index (χ0) is 11.5. The molecule has 0 unspecified atom stereocenters. The molecular formula is C8H11N3O3S. The van der Waals surface area contributed by atoms with Crippen molar-refractivity contribution in [1.82, 2.24) is 14.3 Å². The molecule has 0 saturated heterocycles. The van der Waals surface area contributed by atoms with E-state index in [-0.39, 0.29) is 5.16 Å². The molecule has 82 valence electrons. The number of aldehydes is 1. The minimum atomic E-state index is -3.54. The monoisotopic (exact) mass is 229 g/mol. The Morgan fingerprint density at radius 1 is 1.47 bits per heavy atom. The molecule has 0 saturated carbocycles. The van der Waals surface area contributed by atoms with Crippen molar-refractivity contribution in [2.75, 3.05) is 14.1 Å². The van der Waals surface area contributed by atoms with Crippen molar-refractivity contribution in [2.45, 2.75) is 5.16 Å². The number of H-pyrrole nitrogens is 1. The molecule has 0 radical (unpaired) electrons. The first-order valence-electron chi connectivity index (χ1n) is 4.08. The van der Waals surface area contributed by atoms with Crippen LogP contribution in [0.25, 0.3) is 6.08 Å². The number of sulfonamides is 1. The summed E-state index contributed by atoms with van der Waals surface area (Å²) in [6.45, 7) is 0. The molecule has 0 aliphatic heterocycles. The third kappa shape index (κ3) is 2.51. The topological polar surface area (TPSA) is 83.1 Å². The predicted octanol–water partition coefficient (Wildman–Crippen LogP) is -0.128. The maximum absolute atomic E-state index is 11.6. The molecule has 0 aromatic carbocycles. The fourth-order valence-corrected chi connectivity index (χ4v) is 1.63. The first-order chi connectivity index (χ1) is 6.98. The number of aromatic amines is 1. The molecule has 6 nitrogen and oxygen atoms in total. The smallest absolute Gasteiger partial charge is 0.276 e. The second kappa shape index (κ2) is 4.37. The molecule has 15 heavy (non-hydrogen) atoms. The van der Waals surface area contributed by atoms with Gasteiger partial charge in [0.25, 0.3) is 10.0 Å². The van der Waals surface area contributed by atoms with Crippen molar-refractivity contribution in [3.63, 3.8) is 0 Å². The quantitative estimate of drug-likeness (QED) is 0.576. The second-order valence-corrected chi connectivity index (χ2v) is 4.99. The van der Waals surface area contributed by atoms with Gasteiger partial charge in [0.05, 0.1) is 11.9 Å². The summed E-state index contributed by atoms with van der Waals surface area (Å²) in [5.74, 6) is 0. The average molecular weight is 229 g/mol. The minimum absolute atomic E-state index is 0.141. The first kappa shape index (κ1) is 11.6. The zero-order valence-corrected chi connectivity index (χ0v) is 9.15. The Labute approximate surface area is 87.7 Å². The summed E-state index contributed by atoms with van der Waals surface area (Å²) in [4.78, 5) is 16.3. The number of hydrogen-bond acceptors (Lipinski definition) is 4. The molecule has 0 atom stereocenters. The minimum Gasteiger partial charge on any atom is -0.328 e. The van der Waals surface area contributed by atoms with E-state index in [1.54, 1.807) is 0 Å². The van der Waals surface area contributed by atoms with E-state index in [1.807, 2.05) is 0 Å². The van der Waals surface area contributed by atoms with Gasteiger partial charge in [-0.15, -0.1) is 0 Å². The van der Waals surface area contributed by atoms with Crippen LogP contribution < -0.4 is 0 Å². The molecule has 7 heteroatoms. The SMILES string of the molecule is CN(C)S(=O)(=O)c1ncc(C=CC=O)[nH]1. The molecule has 0 amide bonds. The van der Waals surface area contributed by atoms with E-state index in [2.05, 4.69) is 9.97 Å². The predicted molar refractivity (Wildman–Crippen MR) is 54.6 cm³/mol. The number of carbonyl (C=O) groups excluding carboxylic acids is 1. The maximum Gasteiger partial charge on any atom is 0.276 e. The zero-order valence-electron chi connectivity index (χ0n) is 8.34. The van der Waals surface area contributed by atoms with Crippen LogP contribution >= 0.6 is 0 Å². The van der Waals surface area contributed by atoms with Gasteiger partial charge in [0.1, 0.15) is 6.29 Å². The molecular weight excluding hydrogens is 218 g/mol. The normalized spacial score (nSPS) is 12.5. The molecule has 1 aromatic heterocycles. The molecule has 0 aliphatic rings. The summed E-state index contributed by atoms with van der Waals surface area (Å²) < 4.78 is 24.2. The van der Waals surface area contributed by atoms with Gasteiger partial charge in [-0.05, 0) is 12.2 Å². The number of hydrogen-bond donors (Lipinski definition) is 1. The molecule has 1 rings (SSSR count). The van der Waals surface area contributed by atoms with Gasteiger partial charge in [-0.1, -0.05) is 0 Å². The Hall–Kier alpha value is -1.47. The lowest BCUT2D eigenvalue weighted by Crippen LogP contribution is -2.23. The summed E-state index contributed by atoms with van der Waals surface area (Å²) in [6, 6.07) is 0. The fraction of sp³-hybridized carbons (Fsp3) is 0.250. The molecule has 1 aromatic rings. The third-order valence-corrected chi connectivity index (χ3v) is 3.31. The van der Waals surface area contributed by atoms with Crippen molar-refractivity contribution in [3.05, 3.63) is 18.0 Å². The van der Waals surface area contributed by atoms with E-state index >= 15 is 0 Å². The van der Waals surface area contributed by atoms with Crippen LogP contribution in [0.4, 0.5) is 0 Å². The van der Waals surface area contributed by atoms with Crippen LogP contribution in [0, 0.1) is 0 Å². The summed E-state index contributed by atoms with van der Waals surface area (Å²) in [5.41, 5.74) is 0.461. The lowest BCUT2D eigenvalue weighted by molar-refractivity contribution is -0.104. The summed E-state index contributed by atoms with van der Waals surface area (Å²) >= 11 is 0. The van der Waals surface area contributed by atoms with Crippen LogP contribution in [0.1, 0.15) is 5.69 Å². The Kier molecular flexibility index (Phi) is 3.38. The highest BCUT2D eigenvalue weighted by Crippen LogP contribution is 2.09. The average Bonchev–Trinajstić information content (AvgIpc) is 2.63. The van der Waals surface area contributed by atoms with Crippen molar-refractivity contribution in [3.8, 4) is 0 Å². The molecule has 0 aliphatic carbocycles. The van der Waals surface area contributed by atoms with Gasteiger partial charge in [-0.25, -0.2) is 17.7 Å². The van der Waals surface area contributed by atoms with E-state index in [0.717, 1.165) is 4.31 Å². The van der Waals surface area contributed by atoms with Crippen LogP contribution in [0.3, 0.4) is 0 Å². The summed E-state index contributed by atoms with van der Waals surface area (Å²) in [5, 5.41) is -0.141. The highest BCUT2D eigenvalue weighted by molar-refractivity contribution is 7.88. The van der Waals surface area contributed by atoms with Crippen molar-refractivity contribution < 1.29 is 13.2 Å². The lowest BCUT2D eigenvalue weighted by atomic mass is 10.4. The standard InChI is InChI=1S/C8H11N3O3S/c1-11(2)15(13,14)8-9-6-7(10-8)4-3-5-12/h3-6H,1-2H3,(H,9,10). The van der Waals surface area contributed by atoms with Crippen LogP contribution in [-0.4, -0.2) is 43.1 Å². The van der Waals surface area contributed by atoms with Crippen molar-refractivity contribution >= 4 is 22.4 Å². The summed E-state index contributed by atoms with van der Waals surface area (Å²) in [7, 11) is -0.706. The highest BCUT2D eigenvalue weighted by atomic mass is 32.2. The molecule has 0 bridgehead atoms. The number of imidazole rings is 1. The Morgan fingerprint density at radius 3 is 2.67 bits per heavy atom. The maximum atomic E-state index is 11.6. The van der Waals surface area contributed by atoms with Gasteiger partial charge < -0.3 is 4.98 Å². The van der Waals surface area contributed by atoms with Gasteiger partial charge in [-0.2, -0.15) is 0 Å². The van der Waals surface area contributed by atoms with E-state index in [1.165, 1.54) is 32.4 Å². The number of allylic oxidation sites excluding steroid dienone is 1. The lowest BCUT2D eigenvalue weighted by Gasteiger charge is -2.07. The summed E-state index contributed by atoms with van der Waals surface area (Å²) in [6.07, 6.45) is 4.63. The number of nitrogens with zero attached hydrogens (tertiary/aromatic N) is 2. The Morgan fingerprint density at radius 2 is 2.13 bits per heavy atom. The van der Waals surface area contributed by atoms with E-state index in [0.29, 0.717) is 12.0 Å². The third-order valence-electron chi connectivity index (χ3n) is 1.65. The van der Waals surface area contributed by atoms with E-state index < -0.39 is 10.0 Å². The van der Waals surface area contributed by atoms with Gasteiger partial charge >= 0.3 is 0 Å². The van der Waals surface area contributed by atoms with E-state index in [9.17, 15) is 13.2 Å². The van der Waals surface area contributed by atoms with Crippen LogP contribution in [0.15, 0.2) is 17.4 Å². The van der Waals surface area contributed by atoms with Crippen LogP contribution in [0.5, 0.6) is 0 Å². The largest absolute Gasteiger partial charge is 0.328 e. The van der Waals surface area contributed by atoms with Gasteiger partial charge in [0.2, 0.25) is 5.16 Å². The van der Waals surface area contributed by atoms with Gasteiger partial charge in [0.15, 0.2) is 0 Å². The van der Waals surface area contributed by atoms with Gasteiger partial charge in [0, 0.05) is 14.1 Å². The number of carbonyl (C=O) groups is 1. The van der Waals surface area contributed by atoms with E-state index in [4.69, 9.17) is 0 Å². The number of aromatic nitrogens is 2. The van der Waals surface area contributed by atoms with Crippen molar-refractivity contribution in [2.24, 2.45) is 0 Å². The second-order valence-electron chi connectivity index (χ2n) is 2.93. The van der Waals surface area contributed by atoms with Gasteiger partial charge in [-0.3, -0.25) is 4.79 Å². The highest BCUT2D eigenvalue weighted by Gasteiger charge is 2.20. The fourth-order valence-electron chi connectivity index (χ4n) is 0.848. The molecule has 0 fully saturated rings. The van der Waals surface area contributed by atoms with Crippen LogP contribution in [0.2, 0.25) is 0 Å². The molecule has 1 heterocycles. The first-order valence-corrected chi connectivity index (χ1v) is 5.52. The molecule has 1 N–H and O–H groups in total. The molecule has 0 spiro atoms.